The quantitative estimate of drug-likeness (QED) is 0.335. The van der Waals surface area contributed by atoms with Gasteiger partial charge in [0.05, 0.1) is 28.9 Å². The highest BCUT2D eigenvalue weighted by Crippen LogP contribution is 2.18. The molecule has 0 aromatic heterocycles. The second kappa shape index (κ2) is 16.2. The molecule has 0 bridgehead atoms. The van der Waals surface area contributed by atoms with Crippen LogP contribution in [0.1, 0.15) is 121 Å². The molecule has 0 unspecified atom stereocenters. The van der Waals surface area contributed by atoms with Crippen LogP contribution in [0, 0.1) is 0 Å². The average molecular weight is 477 g/mol. The van der Waals surface area contributed by atoms with Gasteiger partial charge < -0.3 is 9.47 Å². The number of ether oxygens (including phenoxy) is 2. The van der Waals surface area contributed by atoms with E-state index in [-0.39, 0.29) is 22.3 Å². The minimum Gasteiger partial charge on any atom is -0.376 e. The molecule has 0 fully saturated rings. The van der Waals surface area contributed by atoms with E-state index in [0.29, 0.717) is 13.2 Å². The zero-order valence-corrected chi connectivity index (χ0v) is 25.0. The zero-order chi connectivity index (χ0) is 27.1. The Hall–Kier alpha value is -1.52. The van der Waals surface area contributed by atoms with Gasteiger partial charge in [-0.3, -0.25) is 9.98 Å². The molecule has 0 radical (unpaired) electrons. The highest BCUT2D eigenvalue weighted by molar-refractivity contribution is 5.84. The fourth-order valence-corrected chi connectivity index (χ4v) is 2.27. The third kappa shape index (κ3) is 21.0. The van der Waals surface area contributed by atoms with E-state index in [2.05, 4.69) is 107 Å². The van der Waals surface area contributed by atoms with Gasteiger partial charge in [-0.05, 0) is 86.8 Å². The Morgan fingerprint density at radius 3 is 1.35 bits per heavy atom. The lowest BCUT2D eigenvalue weighted by atomic mass is 10.0. The molecule has 0 aliphatic carbocycles. The Morgan fingerprint density at radius 1 is 0.647 bits per heavy atom. The molecule has 198 valence electrons. The van der Waals surface area contributed by atoms with Gasteiger partial charge in [-0.15, -0.1) is 0 Å². The Labute approximate surface area is 212 Å². The summed E-state index contributed by atoms with van der Waals surface area (Å²) in [6.45, 7) is 30.4. The molecular weight excluding hydrogens is 420 g/mol. The summed E-state index contributed by atoms with van der Waals surface area (Å²) in [7, 11) is 0. The van der Waals surface area contributed by atoms with Crippen LogP contribution >= 0.6 is 0 Å². The van der Waals surface area contributed by atoms with Crippen LogP contribution < -0.4 is 0 Å². The Balaban J connectivity index is 0. The van der Waals surface area contributed by atoms with Crippen molar-refractivity contribution >= 4 is 12.4 Å². The molecule has 0 saturated carbocycles. The van der Waals surface area contributed by atoms with Crippen molar-refractivity contribution in [2.24, 2.45) is 9.98 Å². The van der Waals surface area contributed by atoms with Gasteiger partial charge in [-0.25, -0.2) is 0 Å². The highest BCUT2D eigenvalue weighted by atomic mass is 16.5. The molecular formula is C30H56N2O2. The smallest absolute Gasteiger partial charge is 0.0785 e. The van der Waals surface area contributed by atoms with Crippen LogP contribution in [0.4, 0.5) is 0 Å². The van der Waals surface area contributed by atoms with Crippen LogP contribution in [0.15, 0.2) is 34.3 Å². The lowest BCUT2D eigenvalue weighted by Crippen LogP contribution is -2.31. The minimum atomic E-state index is -0.257. The summed E-state index contributed by atoms with van der Waals surface area (Å²) in [6.07, 6.45) is 6.00. The largest absolute Gasteiger partial charge is 0.376 e. The number of nitrogens with zero attached hydrogens (tertiary/aromatic N) is 2. The fourth-order valence-electron chi connectivity index (χ4n) is 2.27. The van der Waals surface area contributed by atoms with Crippen molar-refractivity contribution in [3.05, 3.63) is 35.4 Å². The van der Waals surface area contributed by atoms with E-state index >= 15 is 0 Å². The molecule has 1 aromatic rings. The Bertz CT molecular complexity index is 688. The van der Waals surface area contributed by atoms with Crippen molar-refractivity contribution in [3.8, 4) is 0 Å². The fraction of sp³-hybridized carbons (Fsp3) is 0.733. The van der Waals surface area contributed by atoms with Crippen molar-refractivity contribution in [3.63, 3.8) is 0 Å². The summed E-state index contributed by atoms with van der Waals surface area (Å²) in [6, 6.07) is 8.29. The van der Waals surface area contributed by atoms with E-state index in [1.54, 1.807) is 0 Å². The molecule has 1 rings (SSSR count). The topological polar surface area (TPSA) is 43.2 Å². The molecule has 1 aromatic carbocycles. The van der Waals surface area contributed by atoms with Gasteiger partial charge in [0.2, 0.25) is 0 Å². The lowest BCUT2D eigenvalue weighted by molar-refractivity contribution is -0.0225. The van der Waals surface area contributed by atoms with Gasteiger partial charge in [0.25, 0.3) is 0 Å². The molecule has 0 heterocycles. The lowest BCUT2D eigenvalue weighted by Gasteiger charge is -2.26. The van der Waals surface area contributed by atoms with Crippen molar-refractivity contribution in [1.82, 2.24) is 0 Å². The molecule has 0 saturated heterocycles. The summed E-state index contributed by atoms with van der Waals surface area (Å²) in [5, 5.41) is 0. The van der Waals surface area contributed by atoms with Crippen LogP contribution in [-0.4, -0.2) is 47.9 Å². The van der Waals surface area contributed by atoms with Crippen LogP contribution in [0.2, 0.25) is 0 Å². The predicted molar refractivity (Wildman–Crippen MR) is 153 cm³/mol. The summed E-state index contributed by atoms with van der Waals surface area (Å²) < 4.78 is 11.7. The summed E-state index contributed by atoms with van der Waals surface area (Å²) in [5.74, 6) is 0. The molecule has 4 nitrogen and oxygen atoms in total. The predicted octanol–water partition coefficient (Wildman–Crippen LogP) is 8.54. The minimum absolute atomic E-state index is 0.107. The summed E-state index contributed by atoms with van der Waals surface area (Å²) >= 11 is 0. The molecule has 4 heteroatoms. The molecule has 34 heavy (non-hydrogen) atoms. The van der Waals surface area contributed by atoms with Gasteiger partial charge in [-0.2, -0.15) is 0 Å². The highest BCUT2D eigenvalue weighted by Gasteiger charge is 2.20. The molecule has 0 aliphatic rings. The summed E-state index contributed by atoms with van der Waals surface area (Å²) in [5.41, 5.74) is 1.49. The van der Waals surface area contributed by atoms with Crippen LogP contribution in [0.3, 0.4) is 0 Å². The van der Waals surface area contributed by atoms with E-state index in [0.717, 1.165) is 17.5 Å². The third-order valence-corrected chi connectivity index (χ3v) is 4.17. The van der Waals surface area contributed by atoms with Crippen molar-refractivity contribution in [2.75, 3.05) is 13.2 Å². The third-order valence-electron chi connectivity index (χ3n) is 4.17. The van der Waals surface area contributed by atoms with Gasteiger partial charge in [0.15, 0.2) is 0 Å². The van der Waals surface area contributed by atoms with Crippen molar-refractivity contribution in [2.45, 2.75) is 132 Å². The zero-order valence-electron chi connectivity index (χ0n) is 25.0. The number of hydrogen-bond acceptors (Lipinski definition) is 4. The first kappa shape index (κ1) is 34.6. The number of rotatable bonds is 9. The molecule has 0 aliphatic heterocycles. The van der Waals surface area contributed by atoms with Crippen molar-refractivity contribution in [1.29, 1.82) is 0 Å². The van der Waals surface area contributed by atoms with E-state index in [4.69, 9.17) is 19.5 Å². The Morgan fingerprint density at radius 2 is 1.00 bits per heavy atom. The second-order valence-corrected chi connectivity index (χ2v) is 11.6. The number of aliphatic imine (C=N–C) groups is 2. The van der Waals surface area contributed by atoms with E-state index in [1.165, 1.54) is 6.42 Å². The van der Waals surface area contributed by atoms with Gasteiger partial charge in [0, 0.05) is 19.0 Å². The van der Waals surface area contributed by atoms with Crippen molar-refractivity contribution < 1.29 is 9.47 Å². The normalized spacial score (nSPS) is 12.9. The van der Waals surface area contributed by atoms with E-state index < -0.39 is 0 Å². The second-order valence-electron chi connectivity index (χ2n) is 11.6. The van der Waals surface area contributed by atoms with Crippen LogP contribution in [0.25, 0.3) is 0 Å². The first-order valence-electron chi connectivity index (χ1n) is 13.0. The SMILES string of the molecule is CC.CC(C)(CCOC(C)(C)C)N=Cc1ccc(C=NC(C)(C)COC(C)(C)C)cc1.CCC. The first-order chi connectivity index (χ1) is 15.5. The maximum atomic E-state index is 5.87. The maximum Gasteiger partial charge on any atom is 0.0785 e. The molecule has 0 amide bonds. The molecule has 0 spiro atoms. The molecule has 0 N–H and O–H groups in total. The van der Waals surface area contributed by atoms with Crippen LogP contribution in [-0.2, 0) is 9.47 Å². The van der Waals surface area contributed by atoms with Gasteiger partial charge in [0.1, 0.15) is 0 Å². The summed E-state index contributed by atoms with van der Waals surface area (Å²) in [4.78, 5) is 9.45. The van der Waals surface area contributed by atoms with Crippen LogP contribution in [0.5, 0.6) is 0 Å². The van der Waals surface area contributed by atoms with Gasteiger partial charge >= 0.3 is 0 Å². The first-order valence-corrected chi connectivity index (χ1v) is 13.0. The maximum absolute atomic E-state index is 5.87. The number of benzene rings is 1. The Kier molecular flexibility index (Phi) is 16.5. The van der Waals surface area contributed by atoms with E-state index in [9.17, 15) is 0 Å². The average Bonchev–Trinajstić information content (AvgIpc) is 2.71. The molecule has 0 atom stereocenters. The number of hydrogen-bond donors (Lipinski definition) is 0. The van der Waals surface area contributed by atoms with E-state index in [1.807, 2.05) is 26.3 Å². The monoisotopic (exact) mass is 476 g/mol. The standard InChI is InChI=1S/C25H42N2O2.C3H8.C2H6/c1-22(2,3)28-16-15-24(7,8)26-17-20-11-13-21(14-12-20)18-27-25(9,10)19-29-23(4,5)6;1-3-2;1-2/h11-14,17-18H,15-16,19H2,1-10H3;3H2,1-2H3;1-2H3. The van der Waals surface area contributed by atoms with Gasteiger partial charge in [-0.1, -0.05) is 58.4 Å².